The Morgan fingerprint density at radius 3 is 2.69 bits per heavy atom. The van der Waals surface area contributed by atoms with Crippen LogP contribution < -0.4 is 19.5 Å². The van der Waals surface area contributed by atoms with Gasteiger partial charge in [0, 0.05) is 22.4 Å². The first kappa shape index (κ1) is 22.4. The van der Waals surface area contributed by atoms with E-state index in [1.807, 2.05) is 43.5 Å². The lowest BCUT2D eigenvalue weighted by Gasteiger charge is -2.22. The molecule has 1 aliphatic carbocycles. The van der Waals surface area contributed by atoms with Crippen LogP contribution in [0.3, 0.4) is 0 Å². The van der Waals surface area contributed by atoms with Gasteiger partial charge in [0.2, 0.25) is 5.91 Å². The van der Waals surface area contributed by atoms with Crippen LogP contribution in [-0.2, 0) is 10.2 Å². The van der Waals surface area contributed by atoms with E-state index in [9.17, 15) is 4.79 Å². The third kappa shape index (κ3) is 4.99. The van der Waals surface area contributed by atoms with Crippen molar-refractivity contribution in [1.82, 2.24) is 9.97 Å². The Labute approximate surface area is 196 Å². The van der Waals surface area contributed by atoms with Gasteiger partial charge in [0.15, 0.2) is 5.13 Å². The van der Waals surface area contributed by atoms with Gasteiger partial charge in [-0.15, -0.1) is 11.3 Å². The normalized spacial score (nSPS) is 13.5. The van der Waals surface area contributed by atoms with E-state index in [1.165, 1.54) is 24.2 Å². The lowest BCUT2D eigenvalue weighted by Crippen LogP contribution is -2.35. The van der Waals surface area contributed by atoms with Crippen LogP contribution >= 0.6 is 23.3 Å². The molecule has 4 rings (SSSR count). The van der Waals surface area contributed by atoms with Gasteiger partial charge in [-0.2, -0.15) is 0 Å². The molecule has 2 heterocycles. The number of methoxy groups -OCH3 is 2. The molecule has 0 spiro atoms. The Morgan fingerprint density at radius 2 is 1.97 bits per heavy atom. The third-order valence-corrected chi connectivity index (χ3v) is 7.28. The number of benzene rings is 1. The average molecular weight is 471 g/mol. The van der Waals surface area contributed by atoms with E-state index < -0.39 is 5.41 Å². The number of carbonyl (C=O) groups is 1. The van der Waals surface area contributed by atoms with Crippen molar-refractivity contribution in [1.29, 1.82) is 0 Å². The molecule has 1 fully saturated rings. The van der Waals surface area contributed by atoms with Crippen molar-refractivity contribution in [2.45, 2.75) is 37.4 Å². The second-order valence-corrected chi connectivity index (χ2v) is 10.0. The molecule has 1 amide bonds. The fraction of sp³-hybridized carbons (Fsp3) is 0.348. The van der Waals surface area contributed by atoms with Crippen LogP contribution in [0.25, 0.3) is 11.1 Å². The predicted octanol–water partition coefficient (Wildman–Crippen LogP) is 5.36. The molecule has 2 aromatic heterocycles. The molecule has 9 heteroatoms. The summed E-state index contributed by atoms with van der Waals surface area (Å²) in [6.07, 6.45) is 5.91. The fourth-order valence-corrected chi connectivity index (χ4v) is 4.73. The van der Waals surface area contributed by atoms with Crippen LogP contribution in [0.4, 0.5) is 10.8 Å². The molecule has 7 nitrogen and oxygen atoms in total. The monoisotopic (exact) mass is 470 g/mol. The number of hydrogen-bond acceptors (Lipinski definition) is 8. The van der Waals surface area contributed by atoms with Crippen LogP contribution in [0.5, 0.6) is 11.5 Å². The summed E-state index contributed by atoms with van der Waals surface area (Å²) >= 11 is 3.22. The average Bonchev–Trinajstić information content (AvgIpc) is 3.52. The zero-order valence-electron chi connectivity index (χ0n) is 18.5. The molecular weight excluding hydrogens is 444 g/mol. The minimum absolute atomic E-state index is 0.154. The first-order valence-corrected chi connectivity index (χ1v) is 12.0. The van der Waals surface area contributed by atoms with Crippen LogP contribution in [-0.4, -0.2) is 35.3 Å². The summed E-state index contributed by atoms with van der Waals surface area (Å²) in [5.41, 5.74) is 2.34. The highest BCUT2D eigenvalue weighted by atomic mass is 32.2. The Kier molecular flexibility index (Phi) is 6.57. The lowest BCUT2D eigenvalue weighted by atomic mass is 9.89. The van der Waals surface area contributed by atoms with E-state index in [2.05, 4.69) is 20.0 Å². The van der Waals surface area contributed by atoms with Gasteiger partial charge < -0.3 is 19.5 Å². The van der Waals surface area contributed by atoms with Crippen molar-refractivity contribution < 1.29 is 14.3 Å². The minimum atomic E-state index is -0.804. The largest absolute Gasteiger partial charge is 0.495 e. The SMILES string of the molecule is COc1cncc(-c2ccc(NC(=O)C(C)(C)c3csc(NSC4CC4)n3)c(OC)c2)c1. The van der Waals surface area contributed by atoms with Gasteiger partial charge in [0.05, 0.1) is 37.2 Å². The summed E-state index contributed by atoms with van der Waals surface area (Å²) in [7, 11) is 3.19. The number of pyridine rings is 1. The second kappa shape index (κ2) is 9.38. The van der Waals surface area contributed by atoms with Crippen LogP contribution in [0.2, 0.25) is 0 Å². The van der Waals surface area contributed by atoms with E-state index in [4.69, 9.17) is 9.47 Å². The molecule has 0 saturated heterocycles. The molecule has 0 atom stereocenters. The molecule has 3 aromatic rings. The summed E-state index contributed by atoms with van der Waals surface area (Å²) in [5.74, 6) is 1.09. The maximum atomic E-state index is 13.2. The third-order valence-electron chi connectivity index (χ3n) is 5.28. The molecular formula is C23H26N4O3S2. The summed E-state index contributed by atoms with van der Waals surface area (Å²) in [5, 5.41) is 6.45. The van der Waals surface area contributed by atoms with E-state index >= 15 is 0 Å². The molecule has 1 saturated carbocycles. The first-order valence-electron chi connectivity index (χ1n) is 10.3. The van der Waals surface area contributed by atoms with Crippen molar-refractivity contribution in [3.8, 4) is 22.6 Å². The van der Waals surface area contributed by atoms with Gasteiger partial charge in [-0.25, -0.2) is 4.98 Å². The fourth-order valence-electron chi connectivity index (χ4n) is 2.98. The van der Waals surface area contributed by atoms with Crippen LogP contribution in [0, 0.1) is 0 Å². The Morgan fingerprint density at radius 1 is 1.16 bits per heavy atom. The van der Waals surface area contributed by atoms with Gasteiger partial charge in [-0.1, -0.05) is 6.07 Å². The lowest BCUT2D eigenvalue weighted by molar-refractivity contribution is -0.120. The number of nitrogens with one attached hydrogen (secondary N) is 2. The molecule has 0 radical (unpaired) electrons. The number of rotatable bonds is 9. The maximum Gasteiger partial charge on any atom is 0.236 e. The van der Waals surface area contributed by atoms with Gasteiger partial charge in [0.1, 0.15) is 11.5 Å². The topological polar surface area (TPSA) is 85.4 Å². The van der Waals surface area contributed by atoms with Gasteiger partial charge in [-0.05, 0) is 62.4 Å². The maximum absolute atomic E-state index is 13.2. The highest BCUT2D eigenvalue weighted by Crippen LogP contribution is 2.37. The number of amides is 1. The molecule has 32 heavy (non-hydrogen) atoms. The Bertz CT molecular complexity index is 1110. The summed E-state index contributed by atoms with van der Waals surface area (Å²) in [6, 6.07) is 7.53. The van der Waals surface area contributed by atoms with E-state index in [0.29, 0.717) is 22.4 Å². The number of ether oxygens (including phenoxy) is 2. The van der Waals surface area contributed by atoms with Gasteiger partial charge >= 0.3 is 0 Å². The van der Waals surface area contributed by atoms with Crippen molar-refractivity contribution in [3.63, 3.8) is 0 Å². The number of hydrogen-bond donors (Lipinski definition) is 2. The molecule has 1 aliphatic rings. The predicted molar refractivity (Wildman–Crippen MR) is 131 cm³/mol. The van der Waals surface area contributed by atoms with Crippen LogP contribution in [0.15, 0.2) is 42.0 Å². The zero-order valence-corrected chi connectivity index (χ0v) is 20.1. The van der Waals surface area contributed by atoms with Gasteiger partial charge in [0.25, 0.3) is 0 Å². The van der Waals surface area contributed by atoms with Crippen molar-refractivity contribution in [2.75, 3.05) is 24.3 Å². The highest BCUT2D eigenvalue weighted by molar-refractivity contribution is 8.01. The number of nitrogens with zero attached hydrogens (tertiary/aromatic N) is 2. The first-order chi connectivity index (χ1) is 15.4. The van der Waals surface area contributed by atoms with Crippen molar-refractivity contribution >= 4 is 40.0 Å². The summed E-state index contributed by atoms with van der Waals surface area (Å²) in [6.45, 7) is 3.75. The Hall–Kier alpha value is -2.78. The Balaban J connectivity index is 1.50. The van der Waals surface area contributed by atoms with Crippen molar-refractivity contribution in [2.24, 2.45) is 0 Å². The molecule has 2 N–H and O–H groups in total. The smallest absolute Gasteiger partial charge is 0.236 e. The molecule has 168 valence electrons. The number of anilines is 2. The van der Waals surface area contributed by atoms with E-state index in [-0.39, 0.29) is 5.91 Å². The minimum Gasteiger partial charge on any atom is -0.495 e. The molecule has 0 bridgehead atoms. The summed E-state index contributed by atoms with van der Waals surface area (Å²) in [4.78, 5) is 22.0. The molecule has 1 aromatic carbocycles. The summed E-state index contributed by atoms with van der Waals surface area (Å²) < 4.78 is 14.1. The zero-order chi connectivity index (χ0) is 22.7. The molecule has 0 aliphatic heterocycles. The van der Waals surface area contributed by atoms with Crippen molar-refractivity contribution in [3.05, 3.63) is 47.7 Å². The highest BCUT2D eigenvalue weighted by Gasteiger charge is 2.33. The molecule has 0 unspecified atom stereocenters. The number of thiazole rings is 1. The standard InChI is InChI=1S/C23H26N4O3S2/c1-23(2,20-13-31-22(26-20)27-32-17-6-7-17)21(28)25-18-8-5-14(10-19(18)30-4)15-9-16(29-3)12-24-11-15/h5,8-13,17H,6-7H2,1-4H3,(H,25,28)(H,26,27). The second-order valence-electron chi connectivity index (χ2n) is 8.06. The van der Waals surface area contributed by atoms with E-state index in [0.717, 1.165) is 22.0 Å². The van der Waals surface area contributed by atoms with E-state index in [1.54, 1.807) is 38.6 Å². The van der Waals surface area contributed by atoms with Crippen LogP contribution in [0.1, 0.15) is 32.4 Å². The number of carbonyl (C=O) groups excluding carboxylic acids is 1. The quantitative estimate of drug-likeness (QED) is 0.407. The number of aromatic nitrogens is 2. The van der Waals surface area contributed by atoms with Gasteiger partial charge in [-0.3, -0.25) is 9.78 Å².